The summed E-state index contributed by atoms with van der Waals surface area (Å²) in [6.45, 7) is 2.18. The van der Waals surface area contributed by atoms with Gasteiger partial charge in [-0.15, -0.1) is 11.3 Å². The van der Waals surface area contributed by atoms with Crippen LogP contribution in [0.2, 0.25) is 0 Å². The van der Waals surface area contributed by atoms with Crippen LogP contribution in [-0.4, -0.2) is 32.1 Å². The molecule has 0 saturated carbocycles. The molecule has 3 heterocycles. The Balaban J connectivity index is 1.35. The summed E-state index contributed by atoms with van der Waals surface area (Å²) in [7, 11) is 0. The number of amides is 1. The normalized spacial score (nSPS) is 14.6. The lowest BCUT2D eigenvalue weighted by Gasteiger charge is -2.25. The molecule has 0 bridgehead atoms. The summed E-state index contributed by atoms with van der Waals surface area (Å²) in [4.78, 5) is 20.1. The number of benzene rings is 1. The fourth-order valence-corrected chi connectivity index (χ4v) is 4.25. The number of hydrogen-bond donors (Lipinski definition) is 1. The monoisotopic (exact) mass is 421 g/mol. The fraction of sp³-hybridized carbons (Fsp3) is 0.316. The molecule has 0 saturated heterocycles. The van der Waals surface area contributed by atoms with Gasteiger partial charge in [-0.05, 0) is 11.6 Å². The van der Waals surface area contributed by atoms with E-state index in [-0.39, 0.29) is 6.54 Å². The molecule has 152 valence electrons. The van der Waals surface area contributed by atoms with E-state index >= 15 is 0 Å². The van der Waals surface area contributed by atoms with Crippen molar-refractivity contribution in [1.29, 1.82) is 0 Å². The summed E-state index contributed by atoms with van der Waals surface area (Å²) in [5.41, 5.74) is 1.19. The third kappa shape index (κ3) is 4.83. The number of alkyl halides is 3. The van der Waals surface area contributed by atoms with Crippen LogP contribution in [0.3, 0.4) is 0 Å². The van der Waals surface area contributed by atoms with Crippen LogP contribution in [0.15, 0.2) is 42.6 Å². The lowest BCUT2D eigenvalue weighted by molar-refractivity contribution is -0.141. The summed E-state index contributed by atoms with van der Waals surface area (Å²) in [6, 6.07) is 11.0. The van der Waals surface area contributed by atoms with Crippen LogP contribution < -0.4 is 5.32 Å². The molecule has 2 aromatic heterocycles. The summed E-state index contributed by atoms with van der Waals surface area (Å²) in [5, 5.41) is 6.52. The fourth-order valence-electron chi connectivity index (χ4n) is 3.19. The van der Waals surface area contributed by atoms with E-state index in [0.29, 0.717) is 5.13 Å². The molecule has 1 N–H and O–H groups in total. The largest absolute Gasteiger partial charge is 0.435 e. The minimum absolute atomic E-state index is 0.305. The summed E-state index contributed by atoms with van der Waals surface area (Å²) >= 11 is 1.40. The third-order valence-corrected chi connectivity index (χ3v) is 5.54. The third-order valence-electron chi connectivity index (χ3n) is 4.54. The zero-order valence-corrected chi connectivity index (χ0v) is 16.1. The molecule has 0 atom stereocenters. The van der Waals surface area contributed by atoms with E-state index in [1.54, 1.807) is 0 Å². The molecule has 1 aliphatic rings. The van der Waals surface area contributed by atoms with Crippen LogP contribution in [0.4, 0.5) is 18.3 Å². The first kappa shape index (κ1) is 19.6. The molecule has 0 spiro atoms. The Morgan fingerprint density at radius 1 is 1.21 bits per heavy atom. The first-order valence-corrected chi connectivity index (χ1v) is 9.84. The Hall–Kier alpha value is -2.72. The molecule has 0 fully saturated rings. The van der Waals surface area contributed by atoms with Crippen LogP contribution >= 0.6 is 11.3 Å². The van der Waals surface area contributed by atoms with E-state index in [1.807, 2.05) is 18.2 Å². The van der Waals surface area contributed by atoms with Gasteiger partial charge in [0.05, 0.1) is 5.69 Å². The van der Waals surface area contributed by atoms with Gasteiger partial charge in [0.1, 0.15) is 6.54 Å². The molecule has 0 radical (unpaired) electrons. The first-order valence-electron chi connectivity index (χ1n) is 9.02. The number of rotatable bonds is 5. The van der Waals surface area contributed by atoms with Gasteiger partial charge < -0.3 is 5.32 Å². The molecule has 0 unspecified atom stereocenters. The summed E-state index contributed by atoms with van der Waals surface area (Å²) < 4.78 is 38.8. The van der Waals surface area contributed by atoms with E-state index in [9.17, 15) is 18.0 Å². The Kier molecular flexibility index (Phi) is 5.37. The maximum Gasteiger partial charge on any atom is 0.435 e. The molecule has 10 heteroatoms. The second-order valence-electron chi connectivity index (χ2n) is 6.78. The number of nitrogens with zero attached hydrogens (tertiary/aromatic N) is 4. The lowest BCUT2D eigenvalue weighted by Crippen LogP contribution is -2.29. The van der Waals surface area contributed by atoms with Crippen molar-refractivity contribution < 1.29 is 18.0 Å². The zero-order chi connectivity index (χ0) is 20.4. The van der Waals surface area contributed by atoms with Gasteiger partial charge >= 0.3 is 6.18 Å². The van der Waals surface area contributed by atoms with Gasteiger partial charge in [0.25, 0.3) is 0 Å². The number of halogens is 3. The highest BCUT2D eigenvalue weighted by Crippen LogP contribution is 2.29. The highest BCUT2D eigenvalue weighted by Gasteiger charge is 2.33. The molecule has 6 nitrogen and oxygen atoms in total. The van der Waals surface area contributed by atoms with Crippen LogP contribution in [0, 0.1) is 0 Å². The average Bonchev–Trinajstić information content (AvgIpc) is 3.28. The van der Waals surface area contributed by atoms with E-state index in [0.717, 1.165) is 53.6 Å². The Labute approximate surface area is 169 Å². The van der Waals surface area contributed by atoms with Crippen molar-refractivity contribution in [2.24, 2.45) is 0 Å². The average molecular weight is 421 g/mol. The predicted octanol–water partition coefficient (Wildman–Crippen LogP) is 3.56. The topological polar surface area (TPSA) is 63.1 Å². The highest BCUT2D eigenvalue weighted by atomic mass is 32.1. The van der Waals surface area contributed by atoms with E-state index < -0.39 is 17.8 Å². The zero-order valence-electron chi connectivity index (χ0n) is 15.3. The van der Waals surface area contributed by atoms with Crippen LogP contribution in [0.1, 0.15) is 21.8 Å². The smallest absolute Gasteiger partial charge is 0.300 e. The van der Waals surface area contributed by atoms with Crippen molar-refractivity contribution in [3.63, 3.8) is 0 Å². The number of carbonyl (C=O) groups excluding carboxylic acids is 1. The SMILES string of the molecule is O=C(Cn1ccc(C(F)(F)F)n1)Nc1nc2c(s1)CN(Cc1ccccc1)CC2. The van der Waals surface area contributed by atoms with Crippen molar-refractivity contribution in [2.75, 3.05) is 11.9 Å². The molecular formula is C19H18F3N5OS. The molecule has 4 rings (SSSR count). The molecule has 0 aliphatic carbocycles. The molecule has 3 aromatic rings. The number of anilines is 1. The molecule has 1 aliphatic heterocycles. The van der Waals surface area contributed by atoms with Gasteiger partial charge in [0.15, 0.2) is 10.8 Å². The van der Waals surface area contributed by atoms with E-state index in [2.05, 4.69) is 32.4 Å². The van der Waals surface area contributed by atoms with Crippen molar-refractivity contribution in [2.45, 2.75) is 32.2 Å². The van der Waals surface area contributed by atoms with Gasteiger partial charge in [0, 0.05) is 37.1 Å². The number of thiazole rings is 1. The van der Waals surface area contributed by atoms with Crippen molar-refractivity contribution >= 4 is 22.4 Å². The Bertz CT molecular complexity index is 999. The predicted molar refractivity (Wildman–Crippen MR) is 102 cm³/mol. The first-order chi connectivity index (χ1) is 13.9. The van der Waals surface area contributed by atoms with Crippen molar-refractivity contribution in [3.8, 4) is 0 Å². The number of carbonyl (C=O) groups is 1. The molecule has 1 amide bonds. The number of aromatic nitrogens is 3. The van der Waals surface area contributed by atoms with Crippen LogP contribution in [0.5, 0.6) is 0 Å². The second-order valence-corrected chi connectivity index (χ2v) is 7.86. The van der Waals surface area contributed by atoms with Gasteiger partial charge in [0.2, 0.25) is 5.91 Å². The van der Waals surface area contributed by atoms with Gasteiger partial charge in [-0.3, -0.25) is 14.4 Å². The van der Waals surface area contributed by atoms with E-state index in [4.69, 9.17) is 0 Å². The maximum absolute atomic E-state index is 12.6. The van der Waals surface area contributed by atoms with Crippen LogP contribution in [0.25, 0.3) is 0 Å². The highest BCUT2D eigenvalue weighted by molar-refractivity contribution is 7.15. The van der Waals surface area contributed by atoms with Crippen LogP contribution in [-0.2, 0) is 37.0 Å². The lowest BCUT2D eigenvalue weighted by atomic mass is 10.1. The van der Waals surface area contributed by atoms with Crippen molar-refractivity contribution in [3.05, 3.63) is 64.4 Å². The minimum atomic E-state index is -4.53. The van der Waals surface area contributed by atoms with E-state index in [1.165, 1.54) is 16.9 Å². The van der Waals surface area contributed by atoms with Gasteiger partial charge in [-0.25, -0.2) is 4.98 Å². The molecule has 1 aromatic carbocycles. The summed E-state index contributed by atoms with van der Waals surface area (Å²) in [5.74, 6) is -0.464. The number of fused-ring (bicyclic) bond motifs is 1. The standard InChI is InChI=1S/C19H18F3N5OS/c20-19(21,22)16-7-9-27(25-16)12-17(28)24-18-23-14-6-8-26(11-15(14)29-18)10-13-4-2-1-3-5-13/h1-5,7,9H,6,8,10-12H2,(H,23,24,28). The summed E-state index contributed by atoms with van der Waals surface area (Å²) in [6.07, 6.45) is -2.60. The number of hydrogen-bond acceptors (Lipinski definition) is 5. The second kappa shape index (κ2) is 7.96. The van der Waals surface area contributed by atoms with Gasteiger partial charge in [-0.1, -0.05) is 30.3 Å². The maximum atomic E-state index is 12.6. The van der Waals surface area contributed by atoms with Crippen molar-refractivity contribution in [1.82, 2.24) is 19.7 Å². The minimum Gasteiger partial charge on any atom is -0.300 e. The molecule has 29 heavy (non-hydrogen) atoms. The van der Waals surface area contributed by atoms with Gasteiger partial charge in [-0.2, -0.15) is 18.3 Å². The Morgan fingerprint density at radius 2 is 2.00 bits per heavy atom. The number of nitrogens with one attached hydrogen (secondary N) is 1. The quantitative estimate of drug-likeness (QED) is 0.684. The molecular weight excluding hydrogens is 403 g/mol. The Morgan fingerprint density at radius 3 is 2.72 bits per heavy atom.